The number of nitrogens with one attached hydrogen (secondary N) is 2. The number of hydrogen-bond donors (Lipinski definition) is 2. The monoisotopic (exact) mass is 196 g/mol. The number of rotatable bonds is 2. The Hall–Kier alpha value is -0.570. The molecule has 1 saturated heterocycles. The molecule has 14 heavy (non-hydrogen) atoms. The molecule has 0 aromatic carbocycles. The van der Waals surface area contributed by atoms with Crippen molar-refractivity contribution in [1.29, 1.82) is 0 Å². The second-order valence-electron chi connectivity index (χ2n) is 5.23. The summed E-state index contributed by atoms with van der Waals surface area (Å²) in [6, 6.07) is 0. The van der Waals surface area contributed by atoms with Crippen molar-refractivity contribution < 1.29 is 4.79 Å². The van der Waals surface area contributed by atoms with Gasteiger partial charge in [0.25, 0.3) is 0 Å². The van der Waals surface area contributed by atoms with Gasteiger partial charge in [-0.15, -0.1) is 0 Å². The molecule has 2 rings (SSSR count). The summed E-state index contributed by atoms with van der Waals surface area (Å²) >= 11 is 0. The van der Waals surface area contributed by atoms with Gasteiger partial charge in [0.05, 0.1) is 5.54 Å². The quantitative estimate of drug-likeness (QED) is 0.696. The van der Waals surface area contributed by atoms with E-state index in [1.807, 2.05) is 6.92 Å². The number of carbonyl (C=O) groups excluding carboxylic acids is 1. The van der Waals surface area contributed by atoms with Crippen molar-refractivity contribution >= 4 is 5.91 Å². The van der Waals surface area contributed by atoms with Gasteiger partial charge >= 0.3 is 0 Å². The second-order valence-corrected chi connectivity index (χ2v) is 5.23. The van der Waals surface area contributed by atoms with Gasteiger partial charge in [-0.05, 0) is 52.5 Å². The Morgan fingerprint density at radius 2 is 1.93 bits per heavy atom. The molecule has 0 aromatic rings. The fourth-order valence-corrected chi connectivity index (χ4v) is 1.97. The topological polar surface area (TPSA) is 41.1 Å². The largest absolute Gasteiger partial charge is 0.349 e. The van der Waals surface area contributed by atoms with Gasteiger partial charge in [-0.1, -0.05) is 0 Å². The van der Waals surface area contributed by atoms with Gasteiger partial charge in [0.2, 0.25) is 5.91 Å². The Bertz CT molecular complexity index is 240. The van der Waals surface area contributed by atoms with Crippen LogP contribution in [-0.4, -0.2) is 23.5 Å². The molecule has 1 amide bonds. The van der Waals surface area contributed by atoms with Crippen LogP contribution in [0.4, 0.5) is 0 Å². The maximum absolute atomic E-state index is 12.0. The first-order valence-corrected chi connectivity index (χ1v) is 5.62. The lowest BCUT2D eigenvalue weighted by molar-refractivity contribution is -0.128. The molecular formula is C11H20N2O. The molecule has 0 bridgehead atoms. The summed E-state index contributed by atoms with van der Waals surface area (Å²) in [6.45, 7) is 5.12. The van der Waals surface area contributed by atoms with Crippen LogP contribution in [0.15, 0.2) is 0 Å². The number of hydrogen-bond acceptors (Lipinski definition) is 2. The first-order chi connectivity index (χ1) is 6.54. The molecule has 0 radical (unpaired) electrons. The Labute approximate surface area is 85.6 Å². The molecule has 0 aromatic heterocycles. The molecule has 1 atom stereocenters. The zero-order chi connectivity index (χ0) is 10.2. The van der Waals surface area contributed by atoms with Gasteiger partial charge in [0.15, 0.2) is 0 Å². The minimum Gasteiger partial charge on any atom is -0.349 e. The van der Waals surface area contributed by atoms with Gasteiger partial charge in [-0.3, -0.25) is 4.79 Å². The molecule has 2 aliphatic rings. The highest BCUT2D eigenvalue weighted by Gasteiger charge is 2.43. The summed E-state index contributed by atoms with van der Waals surface area (Å²) in [5, 5.41) is 6.47. The fraction of sp³-hybridized carbons (Fsp3) is 0.909. The van der Waals surface area contributed by atoms with Crippen LogP contribution in [0.5, 0.6) is 0 Å². The molecule has 80 valence electrons. The third-order valence-electron chi connectivity index (χ3n) is 3.54. The minimum atomic E-state index is -0.316. The van der Waals surface area contributed by atoms with Crippen LogP contribution in [0.2, 0.25) is 0 Å². The van der Waals surface area contributed by atoms with Crippen LogP contribution in [0, 0.1) is 0 Å². The summed E-state index contributed by atoms with van der Waals surface area (Å²) in [5.41, 5.74) is -0.205. The Morgan fingerprint density at radius 3 is 2.43 bits per heavy atom. The van der Waals surface area contributed by atoms with E-state index in [0.29, 0.717) is 0 Å². The highest BCUT2D eigenvalue weighted by atomic mass is 16.2. The van der Waals surface area contributed by atoms with E-state index in [0.717, 1.165) is 32.2 Å². The van der Waals surface area contributed by atoms with Gasteiger partial charge in [-0.25, -0.2) is 0 Å². The van der Waals surface area contributed by atoms with Crippen LogP contribution < -0.4 is 10.6 Å². The minimum absolute atomic E-state index is 0.110. The van der Waals surface area contributed by atoms with E-state index in [1.165, 1.54) is 6.42 Å². The average Bonchev–Trinajstić information content (AvgIpc) is 2.84. The summed E-state index contributed by atoms with van der Waals surface area (Å²) in [5.74, 6) is 0.192. The lowest BCUT2D eigenvalue weighted by Crippen LogP contribution is -2.58. The van der Waals surface area contributed by atoms with Crippen LogP contribution in [0.25, 0.3) is 0 Å². The highest BCUT2D eigenvalue weighted by Crippen LogP contribution is 2.35. The number of carbonyl (C=O) groups is 1. The summed E-state index contributed by atoms with van der Waals surface area (Å²) in [7, 11) is 0. The van der Waals surface area contributed by atoms with Crippen LogP contribution >= 0.6 is 0 Å². The summed E-state index contributed by atoms with van der Waals surface area (Å²) in [4.78, 5) is 12.0. The van der Waals surface area contributed by atoms with Gasteiger partial charge in [-0.2, -0.15) is 0 Å². The molecule has 1 aliphatic carbocycles. The molecule has 1 aliphatic heterocycles. The SMILES string of the molecule is CC1(NC(=O)C2(C)CCCCN2)CC1. The normalized spacial score (nSPS) is 35.0. The van der Waals surface area contributed by atoms with Crippen molar-refractivity contribution in [3.05, 3.63) is 0 Å². The first-order valence-electron chi connectivity index (χ1n) is 5.62. The predicted molar refractivity (Wildman–Crippen MR) is 56.0 cm³/mol. The lowest BCUT2D eigenvalue weighted by atomic mass is 9.90. The molecule has 3 heteroatoms. The van der Waals surface area contributed by atoms with E-state index >= 15 is 0 Å². The van der Waals surface area contributed by atoms with E-state index < -0.39 is 0 Å². The smallest absolute Gasteiger partial charge is 0.240 e. The van der Waals surface area contributed by atoms with Crippen molar-refractivity contribution in [2.75, 3.05) is 6.54 Å². The van der Waals surface area contributed by atoms with E-state index in [1.54, 1.807) is 0 Å². The Morgan fingerprint density at radius 1 is 1.21 bits per heavy atom. The molecule has 1 saturated carbocycles. The van der Waals surface area contributed by atoms with E-state index in [9.17, 15) is 4.79 Å². The number of amides is 1. The van der Waals surface area contributed by atoms with E-state index in [2.05, 4.69) is 17.6 Å². The van der Waals surface area contributed by atoms with Crippen molar-refractivity contribution in [3.63, 3.8) is 0 Å². The highest BCUT2D eigenvalue weighted by molar-refractivity contribution is 5.86. The third-order valence-corrected chi connectivity index (χ3v) is 3.54. The maximum Gasteiger partial charge on any atom is 0.240 e. The van der Waals surface area contributed by atoms with E-state index in [-0.39, 0.29) is 17.0 Å². The van der Waals surface area contributed by atoms with Crippen molar-refractivity contribution in [2.24, 2.45) is 0 Å². The standard InChI is InChI=1S/C11H20N2O/c1-10(6-7-10)13-9(14)11(2)5-3-4-8-12-11/h12H,3-8H2,1-2H3,(H,13,14). The van der Waals surface area contributed by atoms with Crippen LogP contribution in [0.1, 0.15) is 46.0 Å². The van der Waals surface area contributed by atoms with Gasteiger partial charge in [0.1, 0.15) is 0 Å². The lowest BCUT2D eigenvalue weighted by Gasteiger charge is -2.34. The van der Waals surface area contributed by atoms with Crippen molar-refractivity contribution in [1.82, 2.24) is 10.6 Å². The molecule has 2 N–H and O–H groups in total. The van der Waals surface area contributed by atoms with Crippen LogP contribution in [-0.2, 0) is 4.79 Å². The zero-order valence-corrected chi connectivity index (χ0v) is 9.15. The molecule has 1 unspecified atom stereocenters. The third kappa shape index (κ3) is 1.92. The first kappa shape index (κ1) is 9.97. The summed E-state index contributed by atoms with van der Waals surface area (Å²) < 4.78 is 0. The van der Waals surface area contributed by atoms with E-state index in [4.69, 9.17) is 0 Å². The molecule has 3 nitrogen and oxygen atoms in total. The Kier molecular flexibility index (Phi) is 2.30. The van der Waals surface area contributed by atoms with Crippen LogP contribution in [0.3, 0.4) is 0 Å². The predicted octanol–water partition coefficient (Wildman–Crippen LogP) is 1.19. The number of piperidine rings is 1. The molecule has 0 spiro atoms. The fourth-order valence-electron chi connectivity index (χ4n) is 1.97. The molecular weight excluding hydrogens is 176 g/mol. The second kappa shape index (κ2) is 3.23. The van der Waals surface area contributed by atoms with Crippen molar-refractivity contribution in [2.45, 2.75) is 57.0 Å². The maximum atomic E-state index is 12.0. The van der Waals surface area contributed by atoms with Crippen molar-refractivity contribution in [3.8, 4) is 0 Å². The molecule has 1 heterocycles. The van der Waals surface area contributed by atoms with Gasteiger partial charge in [0, 0.05) is 5.54 Å². The summed E-state index contributed by atoms with van der Waals surface area (Å²) in [6.07, 6.45) is 5.59. The molecule has 2 fully saturated rings. The average molecular weight is 196 g/mol. The Balaban J connectivity index is 1.94. The van der Waals surface area contributed by atoms with Gasteiger partial charge < -0.3 is 10.6 Å². The zero-order valence-electron chi connectivity index (χ0n) is 9.15.